The van der Waals surface area contributed by atoms with E-state index in [0.717, 1.165) is 26.5 Å². The number of hydrogen-bond acceptors (Lipinski definition) is 2. The second-order valence-electron chi connectivity index (χ2n) is 3.51. The van der Waals surface area contributed by atoms with Crippen LogP contribution in [0.3, 0.4) is 0 Å². The van der Waals surface area contributed by atoms with E-state index in [1.54, 1.807) is 6.20 Å². The van der Waals surface area contributed by atoms with Gasteiger partial charge in [0.1, 0.15) is 15.6 Å². The number of fused-ring (bicyclic) bond motifs is 1. The van der Waals surface area contributed by atoms with Gasteiger partial charge in [-0.25, -0.2) is 4.98 Å². The van der Waals surface area contributed by atoms with Crippen molar-refractivity contribution in [1.29, 1.82) is 0 Å². The van der Waals surface area contributed by atoms with Gasteiger partial charge in [-0.05, 0) is 51.3 Å². The fourth-order valence-corrected chi connectivity index (χ4v) is 2.82. The zero-order valence-corrected chi connectivity index (χ0v) is 11.7. The molecule has 0 aliphatic carbocycles. The molecule has 2 aromatic rings. The monoisotopic (exact) mass is 331 g/mol. The molecule has 0 unspecified atom stereocenters. The van der Waals surface area contributed by atoms with Gasteiger partial charge in [0, 0.05) is 10.5 Å². The maximum atomic E-state index is 4.38. The number of halogens is 2. The molecule has 0 radical (unpaired) electrons. The maximum absolute atomic E-state index is 4.38. The zero-order chi connectivity index (χ0) is 11.0. The van der Waals surface area contributed by atoms with Crippen molar-refractivity contribution in [3.63, 3.8) is 0 Å². The summed E-state index contributed by atoms with van der Waals surface area (Å²) < 4.78 is 3.86. The van der Waals surface area contributed by atoms with E-state index in [0.29, 0.717) is 6.04 Å². The van der Waals surface area contributed by atoms with Crippen LogP contribution < -0.4 is 0 Å². The first-order valence-electron chi connectivity index (χ1n) is 4.82. The summed E-state index contributed by atoms with van der Waals surface area (Å²) in [5, 5.41) is 4.37. The molecular formula is C10H11Br2N3. The normalized spacial score (nSPS) is 13.3. The van der Waals surface area contributed by atoms with Gasteiger partial charge in [-0.1, -0.05) is 6.92 Å². The van der Waals surface area contributed by atoms with Crippen molar-refractivity contribution in [2.75, 3.05) is 0 Å². The van der Waals surface area contributed by atoms with E-state index in [1.807, 2.05) is 10.7 Å². The van der Waals surface area contributed by atoms with E-state index in [2.05, 4.69) is 55.8 Å². The summed E-state index contributed by atoms with van der Waals surface area (Å²) in [5.74, 6) is 0. The minimum atomic E-state index is 0.391. The van der Waals surface area contributed by atoms with Crippen molar-refractivity contribution in [3.8, 4) is 0 Å². The van der Waals surface area contributed by atoms with Crippen LogP contribution in [0.4, 0.5) is 0 Å². The second-order valence-corrected chi connectivity index (χ2v) is 5.17. The lowest BCUT2D eigenvalue weighted by Gasteiger charge is -2.11. The first-order valence-corrected chi connectivity index (χ1v) is 6.41. The number of nitrogens with zero attached hydrogens (tertiary/aromatic N) is 3. The van der Waals surface area contributed by atoms with Crippen LogP contribution in [0.1, 0.15) is 26.3 Å². The molecule has 0 fully saturated rings. The van der Waals surface area contributed by atoms with Crippen LogP contribution in [-0.4, -0.2) is 14.8 Å². The SMILES string of the molecule is CC[C@@H](C)n1ncc2nc(Br)cc(Br)c21. The summed E-state index contributed by atoms with van der Waals surface area (Å²) >= 11 is 6.91. The van der Waals surface area contributed by atoms with Crippen molar-refractivity contribution in [2.45, 2.75) is 26.3 Å². The number of hydrogen-bond donors (Lipinski definition) is 0. The third-order valence-electron chi connectivity index (χ3n) is 2.48. The van der Waals surface area contributed by atoms with Gasteiger partial charge >= 0.3 is 0 Å². The molecule has 0 bridgehead atoms. The first kappa shape index (κ1) is 11.1. The Bertz CT molecular complexity index is 493. The van der Waals surface area contributed by atoms with Crippen LogP contribution in [0.25, 0.3) is 11.0 Å². The van der Waals surface area contributed by atoms with Gasteiger partial charge in [-0.3, -0.25) is 4.68 Å². The van der Waals surface area contributed by atoms with Gasteiger partial charge in [0.05, 0.1) is 6.20 Å². The van der Waals surface area contributed by atoms with Crippen molar-refractivity contribution >= 4 is 42.9 Å². The van der Waals surface area contributed by atoms with Crippen LogP contribution >= 0.6 is 31.9 Å². The fraction of sp³-hybridized carbons (Fsp3) is 0.400. The van der Waals surface area contributed by atoms with Crippen molar-refractivity contribution in [3.05, 3.63) is 21.3 Å². The average molecular weight is 333 g/mol. The van der Waals surface area contributed by atoms with Crippen molar-refractivity contribution < 1.29 is 0 Å². The Balaban J connectivity index is 2.69. The standard InChI is InChI=1S/C10H11Br2N3/c1-3-6(2)15-10-7(11)4-9(12)14-8(10)5-13-15/h4-6H,3H2,1-2H3/t6-/m1/s1. The molecule has 80 valence electrons. The molecule has 0 saturated heterocycles. The predicted molar refractivity (Wildman–Crippen MR) is 67.9 cm³/mol. The molecule has 0 N–H and O–H groups in total. The molecule has 0 aromatic carbocycles. The largest absolute Gasteiger partial charge is 0.259 e. The van der Waals surface area contributed by atoms with Crippen LogP contribution in [0.15, 0.2) is 21.3 Å². The summed E-state index contributed by atoms with van der Waals surface area (Å²) in [6.07, 6.45) is 2.86. The minimum absolute atomic E-state index is 0.391. The third-order valence-corrected chi connectivity index (χ3v) is 3.49. The Morgan fingerprint density at radius 2 is 2.20 bits per heavy atom. The van der Waals surface area contributed by atoms with E-state index in [4.69, 9.17) is 0 Å². The molecule has 5 heteroatoms. The van der Waals surface area contributed by atoms with Crippen LogP contribution in [0.2, 0.25) is 0 Å². The van der Waals surface area contributed by atoms with Gasteiger partial charge < -0.3 is 0 Å². The summed E-state index contributed by atoms with van der Waals surface area (Å²) in [5.41, 5.74) is 1.98. The molecule has 0 aliphatic heterocycles. The van der Waals surface area contributed by atoms with Gasteiger partial charge in [-0.15, -0.1) is 0 Å². The van der Waals surface area contributed by atoms with Gasteiger partial charge in [0.25, 0.3) is 0 Å². The lowest BCUT2D eigenvalue weighted by molar-refractivity contribution is 0.492. The Morgan fingerprint density at radius 3 is 2.87 bits per heavy atom. The summed E-state index contributed by atoms with van der Waals surface area (Å²) in [7, 11) is 0. The average Bonchev–Trinajstić information content (AvgIpc) is 2.60. The molecule has 2 rings (SSSR count). The van der Waals surface area contributed by atoms with Crippen LogP contribution in [0, 0.1) is 0 Å². The topological polar surface area (TPSA) is 30.7 Å². The molecule has 0 amide bonds. The highest BCUT2D eigenvalue weighted by molar-refractivity contribution is 9.11. The molecule has 2 aromatic heterocycles. The Labute approximate surface area is 105 Å². The highest BCUT2D eigenvalue weighted by atomic mass is 79.9. The predicted octanol–water partition coefficient (Wildman–Crippen LogP) is 3.93. The second kappa shape index (κ2) is 4.22. The highest BCUT2D eigenvalue weighted by Gasteiger charge is 2.12. The number of aromatic nitrogens is 3. The molecular weight excluding hydrogens is 322 g/mol. The summed E-state index contributed by atoms with van der Waals surface area (Å²) in [6, 6.07) is 2.34. The first-order chi connectivity index (χ1) is 7.13. The third kappa shape index (κ3) is 1.95. The van der Waals surface area contributed by atoms with E-state index < -0.39 is 0 Å². The molecule has 1 atom stereocenters. The summed E-state index contributed by atoms with van der Waals surface area (Å²) in [4.78, 5) is 4.38. The van der Waals surface area contributed by atoms with E-state index in [9.17, 15) is 0 Å². The maximum Gasteiger partial charge on any atom is 0.111 e. The van der Waals surface area contributed by atoms with Gasteiger partial charge in [0.2, 0.25) is 0 Å². The van der Waals surface area contributed by atoms with Crippen molar-refractivity contribution in [1.82, 2.24) is 14.8 Å². The molecule has 2 heterocycles. The lowest BCUT2D eigenvalue weighted by Crippen LogP contribution is -2.05. The van der Waals surface area contributed by atoms with Crippen LogP contribution in [0.5, 0.6) is 0 Å². The molecule has 0 saturated carbocycles. The quantitative estimate of drug-likeness (QED) is 0.780. The molecule has 0 spiro atoms. The Morgan fingerprint density at radius 1 is 1.47 bits per heavy atom. The minimum Gasteiger partial charge on any atom is -0.259 e. The smallest absolute Gasteiger partial charge is 0.111 e. The van der Waals surface area contributed by atoms with E-state index in [1.165, 1.54) is 0 Å². The van der Waals surface area contributed by atoms with Crippen molar-refractivity contribution in [2.24, 2.45) is 0 Å². The molecule has 3 nitrogen and oxygen atoms in total. The molecule has 0 aliphatic rings. The van der Waals surface area contributed by atoms with E-state index in [-0.39, 0.29) is 0 Å². The van der Waals surface area contributed by atoms with Crippen LogP contribution in [-0.2, 0) is 0 Å². The summed E-state index contributed by atoms with van der Waals surface area (Å²) in [6.45, 7) is 4.30. The Hall–Kier alpha value is -0.420. The zero-order valence-electron chi connectivity index (χ0n) is 8.54. The molecule has 15 heavy (non-hydrogen) atoms. The van der Waals surface area contributed by atoms with E-state index >= 15 is 0 Å². The highest BCUT2D eigenvalue weighted by Crippen LogP contribution is 2.28. The number of rotatable bonds is 2. The number of pyridine rings is 1. The van der Waals surface area contributed by atoms with Gasteiger partial charge in [-0.2, -0.15) is 5.10 Å². The fourth-order valence-electron chi connectivity index (χ4n) is 1.49. The Kier molecular flexibility index (Phi) is 3.11. The van der Waals surface area contributed by atoms with Gasteiger partial charge in [0.15, 0.2) is 0 Å². The lowest BCUT2D eigenvalue weighted by atomic mass is 10.2.